The Morgan fingerprint density at radius 1 is 1.32 bits per heavy atom. The topological polar surface area (TPSA) is 99.8 Å². The number of nitrogens with one attached hydrogen (secondary N) is 1. The molecule has 4 rings (SSSR count). The third-order valence-electron chi connectivity index (χ3n) is 5.04. The number of rotatable bonds is 7. The number of nitrogens with zero attached hydrogens (tertiary/aromatic N) is 4. The fraction of sp³-hybridized carbons (Fsp3) is 0.529. The molecule has 0 bridgehead atoms. The number of carbonyl (C=O) groups is 2. The van der Waals surface area contributed by atoms with E-state index in [-0.39, 0.29) is 24.5 Å². The number of amides is 1. The molecule has 1 amide bonds. The summed E-state index contributed by atoms with van der Waals surface area (Å²) in [5.41, 5.74) is 1.19. The lowest BCUT2D eigenvalue weighted by Crippen LogP contribution is -2.55. The van der Waals surface area contributed by atoms with E-state index in [1.165, 1.54) is 23.7 Å². The van der Waals surface area contributed by atoms with Crippen molar-refractivity contribution in [3.8, 4) is 0 Å². The average Bonchev–Trinajstić information content (AvgIpc) is 3.24. The highest BCUT2D eigenvalue weighted by molar-refractivity contribution is 6.00. The van der Waals surface area contributed by atoms with Crippen molar-refractivity contribution >= 4 is 17.4 Å². The zero-order chi connectivity index (χ0) is 17.4. The third kappa shape index (κ3) is 3.48. The zero-order valence-corrected chi connectivity index (χ0v) is 13.8. The Labute approximate surface area is 144 Å². The summed E-state index contributed by atoms with van der Waals surface area (Å²) in [6, 6.07) is 3.91. The van der Waals surface area contributed by atoms with Gasteiger partial charge in [-0.05, 0) is 43.7 Å². The lowest BCUT2D eigenvalue weighted by Gasteiger charge is -2.42. The Bertz CT molecular complexity index is 794. The maximum Gasteiger partial charge on any atom is 0.317 e. The maximum atomic E-state index is 12.5. The van der Waals surface area contributed by atoms with E-state index >= 15 is 0 Å². The standard InChI is InChI=1S/C17H21N5O3/c23-16(24)10-21(9-11-3-4-11)13-6-12(7-13)20-17(25)14-8-19-22-15(14)2-1-5-18-22/h1-2,5,8,11-13H,3-4,6-7,9-10H2,(H,20,25)(H,23,24). The van der Waals surface area contributed by atoms with Gasteiger partial charge in [-0.15, -0.1) is 0 Å². The van der Waals surface area contributed by atoms with Gasteiger partial charge in [0.15, 0.2) is 0 Å². The summed E-state index contributed by atoms with van der Waals surface area (Å²) in [6.07, 6.45) is 7.14. The van der Waals surface area contributed by atoms with Gasteiger partial charge in [-0.3, -0.25) is 14.5 Å². The van der Waals surface area contributed by atoms with E-state index in [1.54, 1.807) is 12.3 Å². The van der Waals surface area contributed by atoms with Gasteiger partial charge in [-0.25, -0.2) is 0 Å². The number of hydrogen-bond donors (Lipinski definition) is 2. The molecule has 2 heterocycles. The molecule has 2 fully saturated rings. The van der Waals surface area contributed by atoms with Crippen molar-refractivity contribution in [1.82, 2.24) is 25.0 Å². The average molecular weight is 343 g/mol. The Kier molecular flexibility index (Phi) is 4.12. The van der Waals surface area contributed by atoms with Crippen LogP contribution in [0.2, 0.25) is 0 Å². The molecule has 0 radical (unpaired) electrons. The number of carboxylic acid groups (broad SMARTS) is 1. The highest BCUT2D eigenvalue weighted by Crippen LogP contribution is 2.33. The van der Waals surface area contributed by atoms with E-state index in [4.69, 9.17) is 5.11 Å². The molecule has 25 heavy (non-hydrogen) atoms. The first-order valence-corrected chi connectivity index (χ1v) is 8.66. The van der Waals surface area contributed by atoms with Crippen LogP contribution in [0.15, 0.2) is 24.5 Å². The van der Waals surface area contributed by atoms with Crippen LogP contribution in [0.25, 0.3) is 5.52 Å². The van der Waals surface area contributed by atoms with Crippen LogP contribution in [-0.4, -0.2) is 61.9 Å². The number of carbonyl (C=O) groups excluding carboxylic acids is 1. The molecule has 0 spiro atoms. The van der Waals surface area contributed by atoms with Crippen LogP contribution in [0.4, 0.5) is 0 Å². The SMILES string of the molecule is O=C(O)CN(CC1CC1)C1CC(NC(=O)c2cnn3ncccc23)C1. The number of aliphatic carboxylic acids is 1. The van der Waals surface area contributed by atoms with Crippen molar-refractivity contribution in [2.45, 2.75) is 37.8 Å². The van der Waals surface area contributed by atoms with Gasteiger partial charge in [0.05, 0.1) is 18.3 Å². The molecule has 8 heteroatoms. The van der Waals surface area contributed by atoms with E-state index in [2.05, 4.69) is 20.4 Å². The molecule has 132 valence electrons. The van der Waals surface area contributed by atoms with E-state index in [0.29, 0.717) is 17.0 Å². The molecule has 0 saturated heterocycles. The lowest BCUT2D eigenvalue weighted by molar-refractivity contribution is -0.139. The lowest BCUT2D eigenvalue weighted by atomic mass is 9.85. The van der Waals surface area contributed by atoms with Crippen molar-refractivity contribution in [2.24, 2.45) is 5.92 Å². The first-order valence-electron chi connectivity index (χ1n) is 8.66. The van der Waals surface area contributed by atoms with Crippen molar-refractivity contribution in [3.63, 3.8) is 0 Å². The van der Waals surface area contributed by atoms with Crippen molar-refractivity contribution in [1.29, 1.82) is 0 Å². The van der Waals surface area contributed by atoms with Crippen LogP contribution < -0.4 is 5.32 Å². The molecule has 2 saturated carbocycles. The van der Waals surface area contributed by atoms with Gasteiger partial charge < -0.3 is 10.4 Å². The Balaban J connectivity index is 1.34. The molecule has 2 aromatic rings. The van der Waals surface area contributed by atoms with Gasteiger partial charge >= 0.3 is 5.97 Å². The Morgan fingerprint density at radius 3 is 2.84 bits per heavy atom. The van der Waals surface area contributed by atoms with Crippen LogP contribution >= 0.6 is 0 Å². The molecule has 8 nitrogen and oxygen atoms in total. The molecular weight excluding hydrogens is 322 g/mol. The Morgan fingerprint density at radius 2 is 2.12 bits per heavy atom. The predicted molar refractivity (Wildman–Crippen MR) is 89.2 cm³/mol. The maximum absolute atomic E-state index is 12.5. The predicted octanol–water partition coefficient (Wildman–Crippen LogP) is 0.787. The number of carboxylic acids is 1. The molecule has 0 aromatic carbocycles. The summed E-state index contributed by atoms with van der Waals surface area (Å²) in [5, 5.41) is 20.3. The second-order valence-electron chi connectivity index (χ2n) is 7.02. The summed E-state index contributed by atoms with van der Waals surface area (Å²) in [7, 11) is 0. The van der Waals surface area contributed by atoms with Gasteiger partial charge in [-0.1, -0.05) is 0 Å². The molecule has 2 aliphatic rings. The Hall–Kier alpha value is -2.48. The fourth-order valence-corrected chi connectivity index (χ4v) is 3.42. The summed E-state index contributed by atoms with van der Waals surface area (Å²) >= 11 is 0. The first kappa shape index (κ1) is 16.0. The number of hydrogen-bond acceptors (Lipinski definition) is 5. The fourth-order valence-electron chi connectivity index (χ4n) is 3.42. The molecule has 2 aliphatic carbocycles. The zero-order valence-electron chi connectivity index (χ0n) is 13.8. The van der Waals surface area contributed by atoms with Gasteiger partial charge in [0.25, 0.3) is 5.91 Å². The smallest absolute Gasteiger partial charge is 0.317 e. The second-order valence-corrected chi connectivity index (χ2v) is 7.02. The monoisotopic (exact) mass is 343 g/mol. The summed E-state index contributed by atoms with van der Waals surface area (Å²) in [4.78, 5) is 25.6. The quantitative estimate of drug-likeness (QED) is 0.771. The minimum absolute atomic E-state index is 0.0830. The van der Waals surface area contributed by atoms with Crippen molar-refractivity contribution < 1.29 is 14.7 Å². The van der Waals surface area contributed by atoms with Gasteiger partial charge in [0.1, 0.15) is 5.52 Å². The summed E-state index contributed by atoms with van der Waals surface area (Å²) in [5.74, 6) is -0.287. The second kappa shape index (κ2) is 6.44. The minimum Gasteiger partial charge on any atom is -0.480 e. The van der Waals surface area contributed by atoms with Gasteiger partial charge in [0.2, 0.25) is 0 Å². The summed E-state index contributed by atoms with van der Waals surface area (Å²) < 4.78 is 1.43. The first-order chi connectivity index (χ1) is 12.1. The van der Waals surface area contributed by atoms with E-state index in [9.17, 15) is 9.59 Å². The van der Waals surface area contributed by atoms with Crippen LogP contribution in [0.5, 0.6) is 0 Å². The molecule has 2 N–H and O–H groups in total. The van der Waals surface area contributed by atoms with Gasteiger partial charge in [-0.2, -0.15) is 14.8 Å². The molecular formula is C17H21N5O3. The molecule has 0 atom stereocenters. The highest BCUT2D eigenvalue weighted by atomic mass is 16.4. The molecule has 2 aromatic heterocycles. The van der Waals surface area contributed by atoms with Gasteiger partial charge in [0, 0.05) is 24.8 Å². The van der Waals surface area contributed by atoms with Crippen LogP contribution in [-0.2, 0) is 4.79 Å². The van der Waals surface area contributed by atoms with Crippen LogP contribution in [0.1, 0.15) is 36.0 Å². The van der Waals surface area contributed by atoms with Crippen LogP contribution in [0, 0.1) is 5.92 Å². The third-order valence-corrected chi connectivity index (χ3v) is 5.04. The molecule has 0 aliphatic heterocycles. The number of fused-ring (bicyclic) bond motifs is 1. The largest absolute Gasteiger partial charge is 0.480 e. The van der Waals surface area contributed by atoms with E-state index in [0.717, 1.165) is 19.4 Å². The van der Waals surface area contributed by atoms with E-state index in [1.807, 2.05) is 6.07 Å². The normalized spacial score (nSPS) is 22.8. The number of aromatic nitrogens is 3. The summed E-state index contributed by atoms with van der Waals surface area (Å²) in [6.45, 7) is 0.943. The van der Waals surface area contributed by atoms with Crippen LogP contribution in [0.3, 0.4) is 0 Å². The molecule has 0 unspecified atom stereocenters. The highest BCUT2D eigenvalue weighted by Gasteiger charge is 2.38. The van der Waals surface area contributed by atoms with Crippen molar-refractivity contribution in [2.75, 3.05) is 13.1 Å². The van der Waals surface area contributed by atoms with Crippen molar-refractivity contribution in [3.05, 3.63) is 30.1 Å². The minimum atomic E-state index is -0.785. The van der Waals surface area contributed by atoms with E-state index < -0.39 is 5.97 Å².